The number of nitrogens with one attached hydrogen (secondary N) is 2. The first kappa shape index (κ1) is 17.8. The van der Waals surface area contributed by atoms with Crippen molar-refractivity contribution in [3.8, 4) is 5.75 Å². The highest BCUT2D eigenvalue weighted by Gasteiger charge is 2.19. The largest absolute Gasteiger partial charge is 0.494 e. The molecule has 0 radical (unpaired) electrons. The fourth-order valence-electron chi connectivity index (χ4n) is 1.85. The van der Waals surface area contributed by atoms with E-state index in [1.165, 1.54) is 13.2 Å². The Hall–Kier alpha value is -3.56. The third kappa shape index (κ3) is 4.25. The maximum absolute atomic E-state index is 13.5. The number of nitro benzene ring substituents is 1. The molecular weight excluding hydrogens is 340 g/mol. The van der Waals surface area contributed by atoms with E-state index in [0.717, 1.165) is 24.3 Å². The standard InChI is InChI=1S/C15H11F2N3O5/c1-25-13-7-9(20(23)24)3-5-11(13)18-14(21)15(22)19-12-6-8(16)2-4-10(12)17/h2-7H,1H3,(H,18,21)(H,19,22). The van der Waals surface area contributed by atoms with Crippen LogP contribution in [0, 0.1) is 21.7 Å². The molecule has 8 nitrogen and oxygen atoms in total. The molecule has 0 atom stereocenters. The van der Waals surface area contributed by atoms with Crippen LogP contribution in [0.2, 0.25) is 0 Å². The third-order valence-corrected chi connectivity index (χ3v) is 3.03. The fraction of sp³-hybridized carbons (Fsp3) is 0.0667. The Morgan fingerprint density at radius 2 is 1.68 bits per heavy atom. The van der Waals surface area contributed by atoms with Crippen LogP contribution < -0.4 is 15.4 Å². The van der Waals surface area contributed by atoms with Gasteiger partial charge in [0.05, 0.1) is 29.5 Å². The SMILES string of the molecule is COc1cc([N+](=O)[O-])ccc1NC(=O)C(=O)Nc1cc(F)ccc1F. The highest BCUT2D eigenvalue weighted by atomic mass is 19.1. The van der Waals surface area contributed by atoms with Crippen LogP contribution in [0.4, 0.5) is 25.8 Å². The summed E-state index contributed by atoms with van der Waals surface area (Å²) in [5.74, 6) is -4.22. The second kappa shape index (κ2) is 7.34. The molecule has 25 heavy (non-hydrogen) atoms. The third-order valence-electron chi connectivity index (χ3n) is 3.03. The van der Waals surface area contributed by atoms with Crippen LogP contribution in [-0.2, 0) is 9.59 Å². The van der Waals surface area contributed by atoms with Crippen molar-refractivity contribution in [2.24, 2.45) is 0 Å². The van der Waals surface area contributed by atoms with Crippen LogP contribution in [0.3, 0.4) is 0 Å². The zero-order valence-corrected chi connectivity index (χ0v) is 12.7. The molecule has 0 saturated heterocycles. The van der Waals surface area contributed by atoms with E-state index in [1.54, 1.807) is 0 Å². The monoisotopic (exact) mass is 351 g/mol. The lowest BCUT2D eigenvalue weighted by molar-refractivity contribution is -0.384. The Kier molecular flexibility index (Phi) is 5.22. The number of hydrogen-bond donors (Lipinski definition) is 2. The van der Waals surface area contributed by atoms with Gasteiger partial charge in [0.25, 0.3) is 5.69 Å². The van der Waals surface area contributed by atoms with Crippen molar-refractivity contribution in [2.45, 2.75) is 0 Å². The van der Waals surface area contributed by atoms with E-state index in [2.05, 4.69) is 5.32 Å². The molecule has 0 aliphatic rings. The van der Waals surface area contributed by atoms with Gasteiger partial charge < -0.3 is 15.4 Å². The van der Waals surface area contributed by atoms with Gasteiger partial charge >= 0.3 is 11.8 Å². The molecule has 130 valence electrons. The first-order valence-corrected chi connectivity index (χ1v) is 6.71. The summed E-state index contributed by atoms with van der Waals surface area (Å²) in [6.45, 7) is 0. The van der Waals surface area contributed by atoms with Crippen molar-refractivity contribution in [1.82, 2.24) is 0 Å². The first-order valence-electron chi connectivity index (χ1n) is 6.71. The molecule has 0 aromatic heterocycles. The van der Waals surface area contributed by atoms with E-state index in [1.807, 2.05) is 5.32 Å². The summed E-state index contributed by atoms with van der Waals surface area (Å²) in [5, 5.41) is 14.8. The lowest BCUT2D eigenvalue weighted by Crippen LogP contribution is -2.29. The van der Waals surface area contributed by atoms with Gasteiger partial charge in [-0.1, -0.05) is 0 Å². The Balaban J connectivity index is 2.15. The van der Waals surface area contributed by atoms with Crippen molar-refractivity contribution >= 4 is 28.9 Å². The number of carbonyl (C=O) groups is 2. The summed E-state index contributed by atoms with van der Waals surface area (Å²) in [5.41, 5.74) is -0.787. The molecule has 0 aliphatic heterocycles. The normalized spacial score (nSPS) is 10.0. The van der Waals surface area contributed by atoms with Gasteiger partial charge in [0.2, 0.25) is 0 Å². The highest BCUT2D eigenvalue weighted by molar-refractivity contribution is 6.43. The molecule has 0 saturated carbocycles. The average molecular weight is 351 g/mol. The molecule has 0 spiro atoms. The number of rotatable bonds is 4. The number of methoxy groups -OCH3 is 1. The van der Waals surface area contributed by atoms with Gasteiger partial charge in [-0.3, -0.25) is 19.7 Å². The summed E-state index contributed by atoms with van der Waals surface area (Å²) in [6, 6.07) is 5.69. The predicted octanol–water partition coefficient (Wildman–Crippen LogP) is 2.46. The molecule has 2 N–H and O–H groups in total. The Labute approximate surface area is 139 Å². The van der Waals surface area contributed by atoms with Crippen molar-refractivity contribution in [1.29, 1.82) is 0 Å². The molecule has 0 bridgehead atoms. The minimum atomic E-state index is -1.26. The van der Waals surface area contributed by atoms with E-state index in [9.17, 15) is 28.5 Å². The quantitative estimate of drug-likeness (QED) is 0.499. The van der Waals surface area contributed by atoms with Crippen molar-refractivity contribution in [3.05, 3.63) is 58.1 Å². The van der Waals surface area contributed by atoms with Crippen molar-refractivity contribution in [2.75, 3.05) is 17.7 Å². The zero-order chi connectivity index (χ0) is 18.6. The summed E-state index contributed by atoms with van der Waals surface area (Å²) in [6.07, 6.45) is 0. The predicted molar refractivity (Wildman–Crippen MR) is 83.3 cm³/mol. The molecule has 2 aromatic carbocycles. The van der Waals surface area contributed by atoms with Crippen LogP contribution >= 0.6 is 0 Å². The number of non-ortho nitro benzene ring substituents is 1. The number of carbonyl (C=O) groups excluding carboxylic acids is 2. The van der Waals surface area contributed by atoms with Gasteiger partial charge in [0, 0.05) is 12.1 Å². The van der Waals surface area contributed by atoms with Gasteiger partial charge in [0.15, 0.2) is 0 Å². The molecule has 2 aromatic rings. The van der Waals surface area contributed by atoms with Crippen LogP contribution in [0.25, 0.3) is 0 Å². The molecule has 0 aliphatic carbocycles. The Morgan fingerprint density at radius 1 is 1.04 bits per heavy atom. The molecular formula is C15H11F2N3O5. The Morgan fingerprint density at radius 3 is 2.28 bits per heavy atom. The van der Waals surface area contributed by atoms with E-state index in [4.69, 9.17) is 4.74 Å². The molecule has 0 heterocycles. The van der Waals surface area contributed by atoms with Gasteiger partial charge in [-0.15, -0.1) is 0 Å². The fourth-order valence-corrected chi connectivity index (χ4v) is 1.85. The summed E-state index contributed by atoms with van der Waals surface area (Å²) in [4.78, 5) is 33.7. The first-order chi connectivity index (χ1) is 11.8. The van der Waals surface area contributed by atoms with Gasteiger partial charge in [0.1, 0.15) is 17.4 Å². The molecule has 2 amide bonds. The van der Waals surface area contributed by atoms with Gasteiger partial charge in [-0.2, -0.15) is 0 Å². The van der Waals surface area contributed by atoms with Crippen LogP contribution in [0.1, 0.15) is 0 Å². The van der Waals surface area contributed by atoms with Crippen molar-refractivity contribution in [3.63, 3.8) is 0 Å². The summed E-state index contributed by atoms with van der Waals surface area (Å²) in [7, 11) is 1.22. The number of nitrogens with zero attached hydrogens (tertiary/aromatic N) is 1. The number of benzene rings is 2. The zero-order valence-electron chi connectivity index (χ0n) is 12.7. The van der Waals surface area contributed by atoms with E-state index in [0.29, 0.717) is 6.07 Å². The lowest BCUT2D eigenvalue weighted by atomic mass is 10.2. The molecule has 10 heteroatoms. The Bertz CT molecular complexity index is 857. The number of anilines is 2. The number of ether oxygens (including phenoxy) is 1. The minimum absolute atomic E-state index is 0.00651. The number of hydrogen-bond acceptors (Lipinski definition) is 5. The number of nitro groups is 1. The summed E-state index contributed by atoms with van der Waals surface area (Å²) >= 11 is 0. The van der Waals surface area contributed by atoms with Crippen LogP contribution in [0.15, 0.2) is 36.4 Å². The van der Waals surface area contributed by atoms with E-state index >= 15 is 0 Å². The highest BCUT2D eigenvalue weighted by Crippen LogP contribution is 2.29. The van der Waals surface area contributed by atoms with Crippen molar-refractivity contribution < 1.29 is 28.0 Å². The second-order valence-electron chi connectivity index (χ2n) is 4.67. The van der Waals surface area contributed by atoms with Gasteiger partial charge in [-0.25, -0.2) is 8.78 Å². The maximum Gasteiger partial charge on any atom is 0.314 e. The van der Waals surface area contributed by atoms with E-state index < -0.39 is 34.1 Å². The van der Waals surface area contributed by atoms with Gasteiger partial charge in [-0.05, 0) is 18.2 Å². The maximum atomic E-state index is 13.5. The minimum Gasteiger partial charge on any atom is -0.494 e. The van der Waals surface area contributed by atoms with Crippen LogP contribution in [-0.4, -0.2) is 23.8 Å². The molecule has 0 unspecified atom stereocenters. The average Bonchev–Trinajstić information content (AvgIpc) is 2.58. The molecule has 0 fully saturated rings. The number of amides is 2. The molecule has 2 rings (SSSR count). The topological polar surface area (TPSA) is 111 Å². The van der Waals surface area contributed by atoms with Crippen LogP contribution in [0.5, 0.6) is 5.75 Å². The second-order valence-corrected chi connectivity index (χ2v) is 4.67. The smallest absolute Gasteiger partial charge is 0.314 e. The number of halogens is 2. The summed E-state index contributed by atoms with van der Waals surface area (Å²) < 4.78 is 31.4. The van der Waals surface area contributed by atoms with E-state index in [-0.39, 0.29) is 17.1 Å². The lowest BCUT2D eigenvalue weighted by Gasteiger charge is -2.10.